The van der Waals surface area contributed by atoms with E-state index in [0.717, 1.165) is 25.4 Å². The van der Waals surface area contributed by atoms with E-state index in [1.807, 2.05) is 0 Å². The highest BCUT2D eigenvalue weighted by Gasteiger charge is 2.36. The van der Waals surface area contributed by atoms with Gasteiger partial charge in [0, 0.05) is 32.2 Å². The molecule has 20 heavy (non-hydrogen) atoms. The average Bonchev–Trinajstić information content (AvgIpc) is 3.26. The van der Waals surface area contributed by atoms with Gasteiger partial charge in [-0.05, 0) is 36.3 Å². The van der Waals surface area contributed by atoms with Crippen LogP contribution in [0.3, 0.4) is 0 Å². The first-order valence-corrected chi connectivity index (χ1v) is 7.42. The minimum atomic E-state index is 0. The Morgan fingerprint density at radius 3 is 2.20 bits per heavy atom. The van der Waals surface area contributed by atoms with Crippen molar-refractivity contribution in [1.29, 1.82) is 0 Å². The van der Waals surface area contributed by atoms with E-state index in [1.165, 1.54) is 37.1 Å². The van der Waals surface area contributed by atoms with Crippen LogP contribution in [0.4, 0.5) is 0 Å². The standard InChI is InChI=1S/C16H24N2.2ClH/c1-2-13-3-5-14(6-4-13)16(15-7-8-15)18-11-9-17-10-12-18;;/h3-6,15-17H,2,7-12H2,1H3;2*1H/t16-;;/m1../s1. The zero-order valence-corrected chi connectivity index (χ0v) is 13.8. The maximum atomic E-state index is 3.46. The Bertz CT molecular complexity index is 384. The van der Waals surface area contributed by atoms with Crippen molar-refractivity contribution in [1.82, 2.24) is 10.2 Å². The molecule has 1 aliphatic carbocycles. The number of nitrogens with zero attached hydrogens (tertiary/aromatic N) is 1. The van der Waals surface area contributed by atoms with E-state index in [4.69, 9.17) is 0 Å². The van der Waals surface area contributed by atoms with Crippen molar-refractivity contribution in [2.75, 3.05) is 26.2 Å². The zero-order chi connectivity index (χ0) is 12.4. The molecule has 0 amide bonds. The maximum absolute atomic E-state index is 3.46. The number of aryl methyl sites for hydroxylation is 1. The van der Waals surface area contributed by atoms with Crippen LogP contribution in [-0.4, -0.2) is 31.1 Å². The number of rotatable bonds is 4. The Balaban J connectivity index is 0.000001000. The van der Waals surface area contributed by atoms with Gasteiger partial charge in [0.15, 0.2) is 0 Å². The summed E-state index contributed by atoms with van der Waals surface area (Å²) in [4.78, 5) is 2.69. The fourth-order valence-corrected chi connectivity index (χ4v) is 3.10. The highest BCUT2D eigenvalue weighted by atomic mass is 35.5. The minimum Gasteiger partial charge on any atom is -0.314 e. The number of piperazine rings is 1. The SMILES string of the molecule is CCc1ccc([C@H](C2CC2)N2CCNCC2)cc1.Cl.Cl. The molecule has 1 saturated carbocycles. The highest BCUT2D eigenvalue weighted by Crippen LogP contribution is 2.44. The second kappa shape index (κ2) is 8.23. The van der Waals surface area contributed by atoms with Gasteiger partial charge in [-0.25, -0.2) is 0 Å². The average molecular weight is 317 g/mol. The van der Waals surface area contributed by atoms with E-state index in [1.54, 1.807) is 0 Å². The largest absolute Gasteiger partial charge is 0.314 e. The molecule has 1 aliphatic heterocycles. The molecule has 1 N–H and O–H groups in total. The topological polar surface area (TPSA) is 15.3 Å². The molecule has 3 rings (SSSR count). The van der Waals surface area contributed by atoms with Crippen molar-refractivity contribution in [2.45, 2.75) is 32.2 Å². The lowest BCUT2D eigenvalue weighted by atomic mass is 9.98. The van der Waals surface area contributed by atoms with Gasteiger partial charge in [0.25, 0.3) is 0 Å². The number of hydrogen-bond donors (Lipinski definition) is 1. The van der Waals surface area contributed by atoms with E-state index < -0.39 is 0 Å². The molecule has 1 atom stereocenters. The lowest BCUT2D eigenvalue weighted by molar-refractivity contribution is 0.156. The summed E-state index contributed by atoms with van der Waals surface area (Å²) in [5.41, 5.74) is 2.99. The van der Waals surface area contributed by atoms with Crippen LogP contribution in [-0.2, 0) is 6.42 Å². The zero-order valence-electron chi connectivity index (χ0n) is 12.2. The van der Waals surface area contributed by atoms with Gasteiger partial charge >= 0.3 is 0 Å². The van der Waals surface area contributed by atoms with Gasteiger partial charge in [0.1, 0.15) is 0 Å². The van der Waals surface area contributed by atoms with Crippen molar-refractivity contribution in [3.05, 3.63) is 35.4 Å². The van der Waals surface area contributed by atoms with Gasteiger partial charge in [-0.2, -0.15) is 0 Å². The molecule has 1 heterocycles. The second-order valence-corrected chi connectivity index (χ2v) is 5.66. The molecule has 2 nitrogen and oxygen atoms in total. The fourth-order valence-electron chi connectivity index (χ4n) is 3.10. The van der Waals surface area contributed by atoms with Gasteiger partial charge < -0.3 is 5.32 Å². The molecule has 1 saturated heterocycles. The normalized spacial score (nSPS) is 20.6. The number of benzene rings is 1. The summed E-state index contributed by atoms with van der Waals surface area (Å²) in [7, 11) is 0. The predicted molar refractivity (Wildman–Crippen MR) is 90.2 cm³/mol. The van der Waals surface area contributed by atoms with Crippen LogP contribution >= 0.6 is 24.8 Å². The third-order valence-electron chi connectivity index (χ3n) is 4.34. The van der Waals surface area contributed by atoms with Crippen LogP contribution in [0.15, 0.2) is 24.3 Å². The summed E-state index contributed by atoms with van der Waals surface area (Å²) < 4.78 is 0. The van der Waals surface area contributed by atoms with Gasteiger partial charge in [-0.1, -0.05) is 31.2 Å². The Labute approximate surface area is 135 Å². The first-order valence-electron chi connectivity index (χ1n) is 7.42. The lowest BCUT2D eigenvalue weighted by Crippen LogP contribution is -2.45. The number of hydrogen-bond acceptors (Lipinski definition) is 2. The van der Waals surface area contributed by atoms with E-state index in [0.29, 0.717) is 6.04 Å². The Hall–Kier alpha value is -0.280. The molecule has 0 bridgehead atoms. The van der Waals surface area contributed by atoms with Crippen LogP contribution in [0.1, 0.15) is 36.9 Å². The predicted octanol–water partition coefficient (Wildman–Crippen LogP) is 3.45. The monoisotopic (exact) mass is 316 g/mol. The third kappa shape index (κ3) is 4.11. The van der Waals surface area contributed by atoms with Gasteiger partial charge in [0.05, 0.1) is 0 Å². The minimum absolute atomic E-state index is 0. The molecule has 1 aromatic carbocycles. The quantitative estimate of drug-likeness (QED) is 0.915. The van der Waals surface area contributed by atoms with E-state index in [2.05, 4.69) is 41.4 Å². The van der Waals surface area contributed by atoms with Crippen LogP contribution < -0.4 is 5.32 Å². The first-order chi connectivity index (χ1) is 8.88. The molecule has 0 aromatic heterocycles. The van der Waals surface area contributed by atoms with Crippen molar-refractivity contribution >= 4 is 24.8 Å². The van der Waals surface area contributed by atoms with Crippen LogP contribution in [0, 0.1) is 5.92 Å². The van der Waals surface area contributed by atoms with Crippen LogP contribution in [0.2, 0.25) is 0 Å². The summed E-state index contributed by atoms with van der Waals surface area (Å²) in [5.74, 6) is 0.913. The summed E-state index contributed by atoms with van der Waals surface area (Å²) in [6.07, 6.45) is 3.98. The maximum Gasteiger partial charge on any atom is 0.0377 e. The summed E-state index contributed by atoms with van der Waals surface area (Å²) in [6, 6.07) is 10.0. The molecular formula is C16H26Cl2N2. The molecule has 0 radical (unpaired) electrons. The molecule has 2 fully saturated rings. The van der Waals surface area contributed by atoms with Crippen LogP contribution in [0.5, 0.6) is 0 Å². The van der Waals surface area contributed by atoms with E-state index in [-0.39, 0.29) is 24.8 Å². The lowest BCUT2D eigenvalue weighted by Gasteiger charge is -2.35. The first kappa shape index (κ1) is 17.8. The van der Waals surface area contributed by atoms with E-state index >= 15 is 0 Å². The summed E-state index contributed by atoms with van der Waals surface area (Å²) in [5, 5.41) is 3.46. The molecule has 1 aromatic rings. The van der Waals surface area contributed by atoms with Crippen molar-refractivity contribution in [3.63, 3.8) is 0 Å². The van der Waals surface area contributed by atoms with Gasteiger partial charge in [-0.15, -0.1) is 24.8 Å². The summed E-state index contributed by atoms with van der Waals surface area (Å²) in [6.45, 7) is 6.93. The fraction of sp³-hybridized carbons (Fsp3) is 0.625. The summed E-state index contributed by atoms with van der Waals surface area (Å²) >= 11 is 0. The van der Waals surface area contributed by atoms with Crippen LogP contribution in [0.25, 0.3) is 0 Å². The van der Waals surface area contributed by atoms with Crippen molar-refractivity contribution in [3.8, 4) is 0 Å². The van der Waals surface area contributed by atoms with Gasteiger partial charge in [0.2, 0.25) is 0 Å². The smallest absolute Gasteiger partial charge is 0.0377 e. The Morgan fingerprint density at radius 1 is 1.10 bits per heavy atom. The Morgan fingerprint density at radius 2 is 1.70 bits per heavy atom. The number of halogens is 2. The molecule has 114 valence electrons. The highest BCUT2D eigenvalue weighted by molar-refractivity contribution is 5.85. The van der Waals surface area contributed by atoms with Crippen molar-refractivity contribution < 1.29 is 0 Å². The van der Waals surface area contributed by atoms with Gasteiger partial charge in [-0.3, -0.25) is 4.90 Å². The third-order valence-corrected chi connectivity index (χ3v) is 4.34. The Kier molecular flexibility index (Phi) is 7.32. The molecule has 2 aliphatic rings. The van der Waals surface area contributed by atoms with Crippen molar-refractivity contribution in [2.24, 2.45) is 5.92 Å². The second-order valence-electron chi connectivity index (χ2n) is 5.66. The molecule has 4 heteroatoms. The van der Waals surface area contributed by atoms with E-state index in [9.17, 15) is 0 Å². The number of nitrogens with one attached hydrogen (secondary N) is 1. The molecular weight excluding hydrogens is 291 g/mol. The molecule has 0 spiro atoms. The molecule has 0 unspecified atom stereocenters.